The Bertz CT molecular complexity index is 435. The highest BCUT2D eigenvalue weighted by Gasteiger charge is 2.22. The summed E-state index contributed by atoms with van der Waals surface area (Å²) in [5.74, 6) is 0.684. The Kier molecular flexibility index (Phi) is 5.47. The van der Waals surface area contributed by atoms with E-state index in [2.05, 4.69) is 21.2 Å². The molecule has 18 heavy (non-hydrogen) atoms. The maximum Gasteiger partial charge on any atom is 0.287 e. The van der Waals surface area contributed by atoms with Crippen LogP contribution in [0, 0.1) is 0 Å². The van der Waals surface area contributed by atoms with Crippen molar-refractivity contribution in [3.05, 3.63) is 28.8 Å². The van der Waals surface area contributed by atoms with E-state index < -0.39 is 0 Å². The normalized spacial score (nSPS) is 11.2. The van der Waals surface area contributed by atoms with E-state index in [9.17, 15) is 4.79 Å². The molecule has 0 radical (unpaired) electrons. The van der Waals surface area contributed by atoms with Crippen molar-refractivity contribution in [1.82, 2.24) is 5.32 Å². The van der Waals surface area contributed by atoms with Gasteiger partial charge in [-0.15, -0.1) is 0 Å². The van der Waals surface area contributed by atoms with Gasteiger partial charge in [0, 0.05) is 27.9 Å². The highest BCUT2D eigenvalue weighted by atomic mass is 79.9. The first-order valence-electron chi connectivity index (χ1n) is 5.73. The molecule has 0 aliphatic heterocycles. The van der Waals surface area contributed by atoms with Gasteiger partial charge in [0.25, 0.3) is 4.82 Å². The fourth-order valence-electron chi connectivity index (χ4n) is 1.59. The third-order valence-electron chi connectivity index (χ3n) is 2.68. The summed E-state index contributed by atoms with van der Waals surface area (Å²) >= 11 is 9.01. The molecule has 1 amide bonds. The summed E-state index contributed by atoms with van der Waals surface area (Å²) in [7, 11) is 0. The van der Waals surface area contributed by atoms with E-state index in [-0.39, 0.29) is 10.2 Å². The summed E-state index contributed by atoms with van der Waals surface area (Å²) in [6.45, 7) is 7.12. The lowest BCUT2D eigenvalue weighted by molar-refractivity contribution is 0.259. The van der Waals surface area contributed by atoms with Crippen LogP contribution in [0.4, 0.5) is 4.79 Å². The van der Waals surface area contributed by atoms with E-state index in [4.69, 9.17) is 16.3 Å². The third kappa shape index (κ3) is 4.18. The Hall–Kier alpha value is -0.740. The monoisotopic (exact) mass is 333 g/mol. The van der Waals surface area contributed by atoms with Gasteiger partial charge >= 0.3 is 0 Å². The highest BCUT2D eigenvalue weighted by molar-refractivity contribution is 9.18. The van der Waals surface area contributed by atoms with Gasteiger partial charge in [-0.3, -0.25) is 4.79 Å². The maximum absolute atomic E-state index is 10.9. The Balaban J connectivity index is 2.88. The number of halogens is 2. The molecule has 0 fully saturated rings. The van der Waals surface area contributed by atoms with Crippen LogP contribution >= 0.6 is 27.5 Å². The molecule has 3 nitrogen and oxygen atoms in total. The van der Waals surface area contributed by atoms with E-state index in [0.717, 1.165) is 5.56 Å². The zero-order chi connectivity index (χ0) is 13.8. The SMILES string of the molecule is CCOc1ccc(C(C)(C)CNC(=O)Br)cc1Cl. The number of rotatable bonds is 5. The minimum atomic E-state index is -0.215. The number of amides is 1. The van der Waals surface area contributed by atoms with Crippen molar-refractivity contribution < 1.29 is 9.53 Å². The number of hydrogen-bond donors (Lipinski definition) is 1. The van der Waals surface area contributed by atoms with Crippen LogP contribution in [-0.4, -0.2) is 18.0 Å². The molecule has 0 aliphatic rings. The number of ether oxygens (including phenoxy) is 1. The zero-order valence-corrected chi connectivity index (χ0v) is 13.1. The molecular formula is C13H17BrClNO2. The number of carbonyl (C=O) groups is 1. The summed E-state index contributed by atoms with van der Waals surface area (Å²) in [5, 5.41) is 3.34. The summed E-state index contributed by atoms with van der Waals surface area (Å²) in [6, 6.07) is 5.71. The van der Waals surface area contributed by atoms with Crippen LogP contribution in [0.1, 0.15) is 26.3 Å². The van der Waals surface area contributed by atoms with Gasteiger partial charge in [-0.2, -0.15) is 0 Å². The molecule has 0 heterocycles. The predicted octanol–water partition coefficient (Wildman–Crippen LogP) is 4.12. The van der Waals surface area contributed by atoms with Crippen LogP contribution in [0.2, 0.25) is 5.02 Å². The van der Waals surface area contributed by atoms with Gasteiger partial charge in [0.15, 0.2) is 0 Å². The van der Waals surface area contributed by atoms with E-state index in [1.807, 2.05) is 39.0 Å². The fraction of sp³-hybridized carbons (Fsp3) is 0.462. The van der Waals surface area contributed by atoms with Crippen LogP contribution in [0.25, 0.3) is 0 Å². The number of hydrogen-bond acceptors (Lipinski definition) is 2. The number of benzene rings is 1. The van der Waals surface area contributed by atoms with Gasteiger partial charge < -0.3 is 10.1 Å². The molecule has 100 valence electrons. The molecule has 1 N–H and O–H groups in total. The van der Waals surface area contributed by atoms with Crippen LogP contribution in [-0.2, 0) is 5.41 Å². The van der Waals surface area contributed by atoms with Gasteiger partial charge in [-0.25, -0.2) is 0 Å². The molecule has 0 spiro atoms. The van der Waals surface area contributed by atoms with E-state index in [1.54, 1.807) is 0 Å². The third-order valence-corrected chi connectivity index (χ3v) is 3.26. The van der Waals surface area contributed by atoms with Crippen molar-refractivity contribution >= 4 is 32.3 Å². The molecular weight excluding hydrogens is 318 g/mol. The zero-order valence-electron chi connectivity index (χ0n) is 10.7. The molecule has 0 saturated carbocycles. The first-order chi connectivity index (χ1) is 8.36. The van der Waals surface area contributed by atoms with Crippen LogP contribution in [0.5, 0.6) is 5.75 Å². The molecule has 0 atom stereocenters. The molecule has 1 aromatic carbocycles. The van der Waals surface area contributed by atoms with Crippen molar-refractivity contribution in [2.24, 2.45) is 0 Å². The maximum atomic E-state index is 10.9. The first-order valence-corrected chi connectivity index (χ1v) is 6.90. The van der Waals surface area contributed by atoms with Crippen molar-refractivity contribution in [3.63, 3.8) is 0 Å². The topological polar surface area (TPSA) is 38.3 Å². The van der Waals surface area contributed by atoms with Gasteiger partial charge in [0.2, 0.25) is 0 Å². The van der Waals surface area contributed by atoms with Crippen molar-refractivity contribution in [3.8, 4) is 5.75 Å². The van der Waals surface area contributed by atoms with Gasteiger partial charge in [0.05, 0.1) is 11.6 Å². The predicted molar refractivity (Wildman–Crippen MR) is 78.0 cm³/mol. The molecule has 5 heteroatoms. The summed E-state index contributed by atoms with van der Waals surface area (Å²) < 4.78 is 5.39. The van der Waals surface area contributed by atoms with E-state index in [0.29, 0.717) is 23.9 Å². The van der Waals surface area contributed by atoms with Crippen molar-refractivity contribution in [2.45, 2.75) is 26.2 Å². The minimum Gasteiger partial charge on any atom is -0.492 e. The average molecular weight is 335 g/mol. The number of carbonyl (C=O) groups excluding carboxylic acids is 1. The van der Waals surface area contributed by atoms with Crippen LogP contribution in [0.15, 0.2) is 18.2 Å². The van der Waals surface area contributed by atoms with Gasteiger partial charge in [-0.05, 0) is 24.6 Å². The standard InChI is InChI=1S/C13H17BrClNO2/c1-4-18-11-6-5-9(7-10(11)15)13(2,3)8-16-12(14)17/h5-7H,4,8H2,1-3H3,(H,16,17). The van der Waals surface area contributed by atoms with Crippen LogP contribution in [0.3, 0.4) is 0 Å². The Morgan fingerprint density at radius 2 is 2.17 bits per heavy atom. The minimum absolute atomic E-state index is 0.197. The van der Waals surface area contributed by atoms with Crippen LogP contribution < -0.4 is 10.1 Å². The fourth-order valence-corrected chi connectivity index (χ4v) is 1.96. The van der Waals surface area contributed by atoms with Crippen molar-refractivity contribution in [1.29, 1.82) is 0 Å². The number of nitrogens with one attached hydrogen (secondary N) is 1. The Labute approximate surface area is 121 Å². The van der Waals surface area contributed by atoms with Crippen molar-refractivity contribution in [2.75, 3.05) is 13.2 Å². The average Bonchev–Trinajstić information content (AvgIpc) is 2.29. The molecule has 0 saturated heterocycles. The lowest BCUT2D eigenvalue weighted by atomic mass is 9.84. The van der Waals surface area contributed by atoms with E-state index >= 15 is 0 Å². The largest absolute Gasteiger partial charge is 0.492 e. The smallest absolute Gasteiger partial charge is 0.287 e. The molecule has 0 aliphatic carbocycles. The second kappa shape index (κ2) is 6.43. The summed E-state index contributed by atoms with van der Waals surface area (Å²) in [6.07, 6.45) is 0. The lowest BCUT2D eigenvalue weighted by Crippen LogP contribution is -2.34. The lowest BCUT2D eigenvalue weighted by Gasteiger charge is -2.25. The quantitative estimate of drug-likeness (QED) is 0.650. The molecule has 1 aromatic rings. The van der Waals surface area contributed by atoms with Gasteiger partial charge in [0.1, 0.15) is 5.75 Å². The first kappa shape index (κ1) is 15.3. The molecule has 1 rings (SSSR count). The second-order valence-electron chi connectivity index (χ2n) is 4.59. The second-order valence-corrected chi connectivity index (χ2v) is 5.72. The summed E-state index contributed by atoms with van der Waals surface area (Å²) in [4.78, 5) is 10.7. The summed E-state index contributed by atoms with van der Waals surface area (Å²) in [5.41, 5.74) is 0.856. The molecule has 0 bridgehead atoms. The Morgan fingerprint density at radius 3 is 2.67 bits per heavy atom. The molecule has 0 aromatic heterocycles. The Morgan fingerprint density at radius 1 is 1.50 bits per heavy atom. The van der Waals surface area contributed by atoms with Gasteiger partial charge in [-0.1, -0.05) is 31.5 Å². The highest BCUT2D eigenvalue weighted by Crippen LogP contribution is 2.31. The molecule has 0 unspecified atom stereocenters. The van der Waals surface area contributed by atoms with E-state index in [1.165, 1.54) is 0 Å².